The lowest BCUT2D eigenvalue weighted by Crippen LogP contribution is -2.44. The largest absolute Gasteiger partial charge is 0.389 e. The molecule has 0 radical (unpaired) electrons. The molecule has 112 valence electrons. The Kier molecular flexibility index (Phi) is 4.41. The third-order valence-corrected chi connectivity index (χ3v) is 5.00. The average molecular weight is 305 g/mol. The van der Waals surface area contributed by atoms with Crippen LogP contribution in [0.15, 0.2) is 23.1 Å². The monoisotopic (exact) mass is 305 g/mol. The van der Waals surface area contributed by atoms with Gasteiger partial charge in [0.1, 0.15) is 4.90 Å². The lowest BCUT2D eigenvalue weighted by Gasteiger charge is -2.32. The molecule has 0 aromatic heterocycles. The van der Waals surface area contributed by atoms with E-state index >= 15 is 0 Å². The fourth-order valence-corrected chi connectivity index (χ4v) is 3.59. The van der Waals surface area contributed by atoms with Gasteiger partial charge < -0.3 is 5.11 Å². The Labute approximate surface area is 116 Å². The van der Waals surface area contributed by atoms with Crippen molar-refractivity contribution in [3.63, 3.8) is 0 Å². The second kappa shape index (κ2) is 5.75. The first-order valence-corrected chi connectivity index (χ1v) is 7.98. The molecule has 20 heavy (non-hydrogen) atoms. The zero-order chi connectivity index (χ0) is 14.8. The van der Waals surface area contributed by atoms with Crippen molar-refractivity contribution in [2.75, 3.05) is 6.54 Å². The molecule has 0 aliphatic heterocycles. The topological polar surface area (TPSA) is 66.4 Å². The van der Waals surface area contributed by atoms with Gasteiger partial charge in [-0.2, -0.15) is 0 Å². The van der Waals surface area contributed by atoms with Crippen LogP contribution in [-0.4, -0.2) is 25.7 Å². The van der Waals surface area contributed by atoms with Crippen molar-refractivity contribution in [3.05, 3.63) is 29.8 Å². The minimum atomic E-state index is -4.18. The lowest BCUT2D eigenvalue weighted by molar-refractivity contribution is 0.00944. The first-order chi connectivity index (χ1) is 9.34. The Bertz CT molecular complexity index is 583. The molecule has 1 aliphatic rings. The number of hydrogen-bond acceptors (Lipinski definition) is 3. The molecular formula is C13H17F2NO3S. The van der Waals surface area contributed by atoms with Crippen LogP contribution in [0.25, 0.3) is 0 Å². The minimum Gasteiger partial charge on any atom is -0.389 e. The van der Waals surface area contributed by atoms with Crippen LogP contribution in [0, 0.1) is 11.6 Å². The molecule has 1 aromatic rings. The van der Waals surface area contributed by atoms with E-state index in [0.29, 0.717) is 12.8 Å². The molecule has 1 aliphatic carbocycles. The van der Waals surface area contributed by atoms with E-state index in [1.807, 2.05) is 0 Å². The molecule has 2 N–H and O–H groups in total. The van der Waals surface area contributed by atoms with Gasteiger partial charge >= 0.3 is 0 Å². The summed E-state index contributed by atoms with van der Waals surface area (Å²) in [6, 6.07) is 2.97. The number of hydrogen-bond donors (Lipinski definition) is 2. The Morgan fingerprint density at radius 3 is 2.50 bits per heavy atom. The van der Waals surface area contributed by atoms with Gasteiger partial charge in [-0.1, -0.05) is 25.3 Å². The summed E-state index contributed by atoms with van der Waals surface area (Å²) in [5, 5.41) is 10.2. The summed E-state index contributed by atoms with van der Waals surface area (Å²) < 4.78 is 52.7. The highest BCUT2D eigenvalue weighted by atomic mass is 32.2. The van der Waals surface area contributed by atoms with E-state index in [4.69, 9.17) is 0 Å². The van der Waals surface area contributed by atoms with Crippen molar-refractivity contribution in [1.29, 1.82) is 0 Å². The van der Waals surface area contributed by atoms with Gasteiger partial charge in [-0.05, 0) is 25.0 Å². The van der Waals surface area contributed by atoms with Crippen molar-refractivity contribution < 1.29 is 22.3 Å². The van der Waals surface area contributed by atoms with E-state index in [1.54, 1.807) is 0 Å². The van der Waals surface area contributed by atoms with Gasteiger partial charge in [0.05, 0.1) is 5.60 Å². The molecule has 1 fully saturated rings. The molecule has 4 nitrogen and oxygen atoms in total. The first-order valence-electron chi connectivity index (χ1n) is 6.50. The number of aliphatic hydroxyl groups is 1. The van der Waals surface area contributed by atoms with Gasteiger partial charge in [-0.3, -0.25) is 0 Å². The van der Waals surface area contributed by atoms with E-state index in [0.717, 1.165) is 37.5 Å². The minimum absolute atomic E-state index is 0.189. The van der Waals surface area contributed by atoms with Crippen LogP contribution < -0.4 is 4.72 Å². The van der Waals surface area contributed by atoms with Crippen LogP contribution in [0.5, 0.6) is 0 Å². The molecule has 7 heteroatoms. The van der Waals surface area contributed by atoms with Gasteiger partial charge in [0, 0.05) is 6.54 Å². The lowest BCUT2D eigenvalue weighted by atomic mass is 9.85. The van der Waals surface area contributed by atoms with E-state index in [9.17, 15) is 22.3 Å². The maximum Gasteiger partial charge on any atom is 0.243 e. The number of halogens is 2. The van der Waals surface area contributed by atoms with Crippen LogP contribution in [0.3, 0.4) is 0 Å². The summed E-state index contributed by atoms with van der Waals surface area (Å²) >= 11 is 0. The standard InChI is InChI=1S/C13H17F2NO3S/c14-10-5-4-6-11(12(10)15)20(18,19)16-9-13(17)7-2-1-3-8-13/h4-6,16-17H,1-3,7-9H2. The molecule has 0 spiro atoms. The summed E-state index contributed by atoms with van der Waals surface area (Å²) in [7, 11) is -4.18. The van der Waals surface area contributed by atoms with E-state index < -0.39 is 32.2 Å². The molecule has 2 rings (SSSR count). The summed E-state index contributed by atoms with van der Waals surface area (Å²) in [6.45, 7) is -0.189. The molecule has 1 saturated carbocycles. The maximum atomic E-state index is 13.5. The maximum absolute atomic E-state index is 13.5. The van der Waals surface area contributed by atoms with Crippen molar-refractivity contribution in [1.82, 2.24) is 4.72 Å². The van der Waals surface area contributed by atoms with E-state index in [2.05, 4.69) is 4.72 Å². The average Bonchev–Trinajstić information content (AvgIpc) is 2.41. The summed E-state index contributed by atoms with van der Waals surface area (Å²) in [6.07, 6.45) is 3.66. The zero-order valence-electron chi connectivity index (χ0n) is 10.9. The Hall–Kier alpha value is -1.05. The van der Waals surface area contributed by atoms with Crippen molar-refractivity contribution in [2.45, 2.75) is 42.6 Å². The molecule has 0 unspecified atom stereocenters. The normalized spacial score (nSPS) is 18.9. The predicted octanol–water partition coefficient (Wildman–Crippen LogP) is 1.94. The first kappa shape index (κ1) is 15.3. The number of rotatable bonds is 4. The summed E-state index contributed by atoms with van der Waals surface area (Å²) in [5.41, 5.74) is -1.10. The van der Waals surface area contributed by atoms with Crippen LogP contribution in [0.2, 0.25) is 0 Å². The number of benzene rings is 1. The summed E-state index contributed by atoms with van der Waals surface area (Å²) in [5.74, 6) is -2.63. The molecule has 1 aromatic carbocycles. The third-order valence-electron chi connectivity index (χ3n) is 3.58. The quantitative estimate of drug-likeness (QED) is 0.893. The van der Waals surface area contributed by atoms with Crippen LogP contribution in [0.1, 0.15) is 32.1 Å². The highest BCUT2D eigenvalue weighted by Gasteiger charge is 2.31. The summed E-state index contributed by atoms with van der Waals surface area (Å²) in [4.78, 5) is -0.739. The van der Waals surface area contributed by atoms with E-state index in [-0.39, 0.29) is 6.54 Å². The second-order valence-electron chi connectivity index (χ2n) is 5.16. The van der Waals surface area contributed by atoms with Gasteiger partial charge in [0.2, 0.25) is 10.0 Å². The van der Waals surface area contributed by atoms with Crippen LogP contribution in [-0.2, 0) is 10.0 Å². The van der Waals surface area contributed by atoms with Gasteiger partial charge in [0.25, 0.3) is 0 Å². The smallest absolute Gasteiger partial charge is 0.243 e. The van der Waals surface area contributed by atoms with Gasteiger partial charge in [-0.25, -0.2) is 21.9 Å². The predicted molar refractivity (Wildman–Crippen MR) is 69.6 cm³/mol. The molecule has 0 saturated heterocycles. The highest BCUT2D eigenvalue weighted by Crippen LogP contribution is 2.28. The second-order valence-corrected chi connectivity index (χ2v) is 6.90. The Morgan fingerprint density at radius 2 is 1.85 bits per heavy atom. The molecule has 0 bridgehead atoms. The van der Waals surface area contributed by atoms with Gasteiger partial charge in [0.15, 0.2) is 11.6 Å². The third kappa shape index (κ3) is 3.34. The SMILES string of the molecule is O=S(=O)(NCC1(O)CCCCC1)c1cccc(F)c1F. The van der Waals surface area contributed by atoms with Gasteiger partial charge in [-0.15, -0.1) is 0 Å². The van der Waals surface area contributed by atoms with Crippen molar-refractivity contribution in [3.8, 4) is 0 Å². The van der Waals surface area contributed by atoms with Crippen molar-refractivity contribution >= 4 is 10.0 Å². The van der Waals surface area contributed by atoms with Crippen LogP contribution in [0.4, 0.5) is 8.78 Å². The van der Waals surface area contributed by atoms with E-state index in [1.165, 1.54) is 0 Å². The Balaban J connectivity index is 2.13. The Morgan fingerprint density at radius 1 is 1.20 bits per heavy atom. The fourth-order valence-electron chi connectivity index (χ4n) is 2.39. The zero-order valence-corrected chi connectivity index (χ0v) is 11.7. The van der Waals surface area contributed by atoms with Crippen molar-refractivity contribution in [2.24, 2.45) is 0 Å². The fraction of sp³-hybridized carbons (Fsp3) is 0.538. The molecule has 0 amide bonds. The molecule has 0 atom stereocenters. The number of nitrogens with one attached hydrogen (secondary N) is 1. The number of sulfonamides is 1. The molecular weight excluding hydrogens is 288 g/mol. The highest BCUT2D eigenvalue weighted by molar-refractivity contribution is 7.89. The molecule has 0 heterocycles. The van der Waals surface area contributed by atoms with Crippen LogP contribution >= 0.6 is 0 Å².